The third kappa shape index (κ3) is 3.37. The number of benzene rings is 1. The summed E-state index contributed by atoms with van der Waals surface area (Å²) < 4.78 is 27.4. The van der Waals surface area contributed by atoms with Crippen molar-refractivity contribution in [3.05, 3.63) is 33.8 Å². The Morgan fingerprint density at radius 2 is 2.12 bits per heavy atom. The van der Waals surface area contributed by atoms with E-state index in [1.54, 1.807) is 0 Å². The van der Waals surface area contributed by atoms with E-state index in [-0.39, 0.29) is 30.6 Å². The van der Waals surface area contributed by atoms with Gasteiger partial charge in [-0.1, -0.05) is 0 Å². The third-order valence-corrected chi connectivity index (χ3v) is 3.44. The molecule has 0 amide bonds. The number of nitrogens with zero attached hydrogens (tertiary/aromatic N) is 1. The monoisotopic (exact) mass is 326 g/mol. The Morgan fingerprint density at radius 1 is 1.41 bits per heavy atom. The van der Waals surface area contributed by atoms with Crippen molar-refractivity contribution >= 4 is 28.3 Å². The van der Waals surface area contributed by atoms with Gasteiger partial charge >= 0.3 is 0 Å². The van der Waals surface area contributed by atoms with Crippen molar-refractivity contribution < 1.29 is 8.78 Å². The second-order valence-corrected chi connectivity index (χ2v) is 4.96. The number of rotatable bonds is 2. The zero-order chi connectivity index (χ0) is 11.7. The Hall–Kier alpha value is -0.230. The lowest BCUT2D eigenvalue weighted by molar-refractivity contribution is 0.314. The summed E-state index contributed by atoms with van der Waals surface area (Å²) in [5, 5.41) is 0. The van der Waals surface area contributed by atoms with Gasteiger partial charge in [0.15, 0.2) is 0 Å². The zero-order valence-electron chi connectivity index (χ0n) is 9.13. The van der Waals surface area contributed by atoms with Crippen molar-refractivity contribution in [1.29, 1.82) is 0 Å². The lowest BCUT2D eigenvalue weighted by atomic mass is 10.2. The molecule has 1 atom stereocenters. The molecule has 1 aromatic rings. The molecule has 0 bridgehead atoms. The molecule has 0 unspecified atom stereocenters. The summed E-state index contributed by atoms with van der Waals surface area (Å²) in [5.41, 5.74) is 5.86. The van der Waals surface area contributed by atoms with Gasteiger partial charge in [0.2, 0.25) is 0 Å². The molecule has 2 rings (SSSR count). The minimum absolute atomic E-state index is 0. The highest BCUT2D eigenvalue weighted by Crippen LogP contribution is 2.23. The van der Waals surface area contributed by atoms with E-state index in [9.17, 15) is 8.78 Å². The highest BCUT2D eigenvalue weighted by Gasteiger charge is 2.22. The molecule has 1 saturated heterocycles. The minimum Gasteiger partial charge on any atom is -0.326 e. The van der Waals surface area contributed by atoms with Crippen molar-refractivity contribution in [3.8, 4) is 0 Å². The largest absolute Gasteiger partial charge is 0.326 e. The predicted octanol–water partition coefficient (Wildman–Crippen LogP) is 2.68. The van der Waals surface area contributed by atoms with Gasteiger partial charge in [0.1, 0.15) is 11.6 Å². The number of likely N-dealkylation sites (tertiary alicyclic amines) is 1. The summed E-state index contributed by atoms with van der Waals surface area (Å²) in [6, 6.07) is 2.78. The molecule has 1 aromatic carbocycles. The second-order valence-electron chi connectivity index (χ2n) is 4.11. The molecule has 1 aliphatic rings. The maximum Gasteiger partial charge on any atom is 0.144 e. The molecule has 1 aliphatic heterocycles. The number of nitrogens with two attached hydrogens (primary N) is 1. The van der Waals surface area contributed by atoms with Crippen LogP contribution in [-0.2, 0) is 6.54 Å². The molecular weight excluding hydrogens is 313 g/mol. The van der Waals surface area contributed by atoms with E-state index in [2.05, 4.69) is 15.9 Å². The predicted molar refractivity (Wildman–Crippen MR) is 69.2 cm³/mol. The summed E-state index contributed by atoms with van der Waals surface area (Å²) in [7, 11) is 0. The van der Waals surface area contributed by atoms with Gasteiger partial charge in [0, 0.05) is 31.2 Å². The number of hydrogen-bond donors (Lipinski definition) is 1. The van der Waals surface area contributed by atoms with Crippen LogP contribution in [0.15, 0.2) is 16.6 Å². The maximum absolute atomic E-state index is 13.7. The van der Waals surface area contributed by atoms with Gasteiger partial charge in [-0.3, -0.25) is 4.90 Å². The average molecular weight is 328 g/mol. The van der Waals surface area contributed by atoms with Gasteiger partial charge in [-0.15, -0.1) is 12.4 Å². The maximum atomic E-state index is 13.7. The van der Waals surface area contributed by atoms with E-state index >= 15 is 0 Å². The minimum atomic E-state index is -0.513. The van der Waals surface area contributed by atoms with Crippen LogP contribution in [0.1, 0.15) is 12.0 Å². The molecule has 96 valence electrons. The van der Waals surface area contributed by atoms with Crippen LogP contribution in [0.2, 0.25) is 0 Å². The van der Waals surface area contributed by atoms with Crippen LogP contribution >= 0.6 is 28.3 Å². The van der Waals surface area contributed by atoms with Crippen LogP contribution in [0.25, 0.3) is 0 Å². The molecule has 17 heavy (non-hydrogen) atoms. The van der Waals surface area contributed by atoms with E-state index in [1.165, 1.54) is 12.1 Å². The van der Waals surface area contributed by atoms with E-state index < -0.39 is 11.6 Å². The summed E-state index contributed by atoms with van der Waals surface area (Å²) >= 11 is 3.06. The molecule has 0 aliphatic carbocycles. The van der Waals surface area contributed by atoms with Crippen molar-refractivity contribution in [2.45, 2.75) is 19.0 Å². The molecule has 2 nitrogen and oxygen atoms in total. The number of hydrogen-bond acceptors (Lipinski definition) is 2. The van der Waals surface area contributed by atoms with Gasteiger partial charge in [-0.25, -0.2) is 8.78 Å². The Labute approximate surface area is 114 Å². The first-order chi connectivity index (χ1) is 7.58. The highest BCUT2D eigenvalue weighted by atomic mass is 79.9. The van der Waals surface area contributed by atoms with Crippen molar-refractivity contribution in [2.75, 3.05) is 13.1 Å². The fraction of sp³-hybridized carbons (Fsp3) is 0.455. The van der Waals surface area contributed by atoms with Crippen LogP contribution < -0.4 is 5.73 Å². The van der Waals surface area contributed by atoms with Gasteiger partial charge < -0.3 is 5.73 Å². The van der Waals surface area contributed by atoms with Crippen LogP contribution in [0.5, 0.6) is 0 Å². The van der Waals surface area contributed by atoms with Crippen LogP contribution in [0.4, 0.5) is 8.78 Å². The van der Waals surface area contributed by atoms with Gasteiger partial charge in [-0.2, -0.15) is 0 Å². The summed E-state index contributed by atoms with van der Waals surface area (Å²) in [6.45, 7) is 1.78. The summed E-state index contributed by atoms with van der Waals surface area (Å²) in [5.74, 6) is -1.01. The van der Waals surface area contributed by atoms with Crippen molar-refractivity contribution in [2.24, 2.45) is 5.73 Å². The lowest BCUT2D eigenvalue weighted by Gasteiger charge is -2.16. The topological polar surface area (TPSA) is 29.3 Å². The standard InChI is InChI=1S/C11H13BrF2N2.ClH/c12-9-1-2-10(13)8(11(9)14)6-16-4-3-7(15)5-16;/h1-2,7H,3-6,15H2;1H/t7-;/m1./s1. The quantitative estimate of drug-likeness (QED) is 0.846. The SMILES string of the molecule is Cl.N[C@@H]1CCN(Cc2c(F)ccc(Br)c2F)C1. The molecule has 6 heteroatoms. The van der Waals surface area contributed by atoms with Gasteiger partial charge in [0.25, 0.3) is 0 Å². The van der Waals surface area contributed by atoms with E-state index in [0.29, 0.717) is 11.0 Å². The summed E-state index contributed by atoms with van der Waals surface area (Å²) in [4.78, 5) is 1.97. The van der Waals surface area contributed by atoms with Crippen LogP contribution in [-0.4, -0.2) is 24.0 Å². The van der Waals surface area contributed by atoms with Crippen molar-refractivity contribution in [3.63, 3.8) is 0 Å². The van der Waals surface area contributed by atoms with Gasteiger partial charge in [0.05, 0.1) is 4.47 Å². The Kier molecular flexibility index (Phi) is 5.31. The normalized spacial score (nSPS) is 20.4. The molecular formula is C11H14BrClF2N2. The van der Waals surface area contributed by atoms with E-state index in [0.717, 1.165) is 13.0 Å². The van der Waals surface area contributed by atoms with E-state index in [4.69, 9.17) is 5.73 Å². The smallest absolute Gasteiger partial charge is 0.144 e. The number of halogens is 4. The molecule has 1 heterocycles. The Morgan fingerprint density at radius 3 is 2.71 bits per heavy atom. The zero-order valence-corrected chi connectivity index (χ0v) is 11.5. The average Bonchev–Trinajstić information content (AvgIpc) is 2.65. The third-order valence-electron chi connectivity index (χ3n) is 2.83. The lowest BCUT2D eigenvalue weighted by Crippen LogP contribution is -2.27. The first-order valence-electron chi connectivity index (χ1n) is 5.18. The molecule has 0 aromatic heterocycles. The van der Waals surface area contributed by atoms with Crippen molar-refractivity contribution in [1.82, 2.24) is 4.90 Å². The Balaban J connectivity index is 0.00000144. The first-order valence-corrected chi connectivity index (χ1v) is 5.97. The Bertz CT molecular complexity index is 403. The molecule has 0 saturated carbocycles. The fourth-order valence-electron chi connectivity index (χ4n) is 1.94. The molecule has 1 fully saturated rings. The van der Waals surface area contributed by atoms with Crippen LogP contribution in [0.3, 0.4) is 0 Å². The van der Waals surface area contributed by atoms with Crippen LogP contribution in [0, 0.1) is 11.6 Å². The first kappa shape index (κ1) is 14.8. The molecule has 0 radical (unpaired) electrons. The fourth-order valence-corrected chi connectivity index (χ4v) is 2.32. The second kappa shape index (κ2) is 6.09. The highest BCUT2D eigenvalue weighted by molar-refractivity contribution is 9.10. The van der Waals surface area contributed by atoms with E-state index in [1.807, 2.05) is 4.90 Å². The molecule has 2 N–H and O–H groups in total. The molecule has 0 spiro atoms. The van der Waals surface area contributed by atoms with Gasteiger partial charge in [-0.05, 0) is 34.5 Å². The summed E-state index contributed by atoms with van der Waals surface area (Å²) in [6.07, 6.45) is 0.886.